The van der Waals surface area contributed by atoms with Gasteiger partial charge in [-0.15, -0.1) is 0 Å². The van der Waals surface area contributed by atoms with Crippen LogP contribution in [0.3, 0.4) is 0 Å². The summed E-state index contributed by atoms with van der Waals surface area (Å²) in [7, 11) is 1.71. The Kier molecular flexibility index (Phi) is 3.49. The second-order valence-corrected chi connectivity index (χ2v) is 5.51. The summed E-state index contributed by atoms with van der Waals surface area (Å²) in [6.07, 6.45) is 3.39. The zero-order chi connectivity index (χ0) is 14.1. The van der Waals surface area contributed by atoms with E-state index in [0.717, 1.165) is 34.9 Å². The Labute approximate surface area is 119 Å². The molecule has 4 nitrogen and oxygen atoms in total. The topological polar surface area (TPSA) is 53.1 Å². The van der Waals surface area contributed by atoms with E-state index in [1.807, 2.05) is 6.07 Å². The van der Waals surface area contributed by atoms with Crippen molar-refractivity contribution in [2.75, 3.05) is 12.8 Å². The predicted octanol–water partition coefficient (Wildman–Crippen LogP) is 3.18. The first kappa shape index (κ1) is 13.2. The van der Waals surface area contributed by atoms with E-state index in [-0.39, 0.29) is 0 Å². The normalized spacial score (nSPS) is 18.0. The number of rotatable bonds is 3. The van der Waals surface area contributed by atoms with Crippen molar-refractivity contribution in [3.63, 3.8) is 0 Å². The third-order valence-corrected chi connectivity index (χ3v) is 4.00. The van der Waals surface area contributed by atoms with Crippen LogP contribution < -0.4 is 5.73 Å². The lowest BCUT2D eigenvalue weighted by Gasteiger charge is -2.22. The molecule has 0 saturated carbocycles. The fourth-order valence-corrected chi connectivity index (χ4v) is 3.03. The molecule has 1 aromatic carbocycles. The van der Waals surface area contributed by atoms with Crippen LogP contribution in [0.1, 0.15) is 37.2 Å². The molecule has 1 atom stereocenters. The molecule has 2 aromatic rings. The average Bonchev–Trinajstić information content (AvgIpc) is 2.78. The molecule has 0 saturated heterocycles. The van der Waals surface area contributed by atoms with Crippen molar-refractivity contribution in [2.24, 2.45) is 0 Å². The van der Waals surface area contributed by atoms with Gasteiger partial charge in [-0.25, -0.2) is 4.98 Å². The van der Waals surface area contributed by atoms with Crippen molar-refractivity contribution < 1.29 is 4.74 Å². The number of nitrogens with zero attached hydrogens (tertiary/aromatic N) is 2. The summed E-state index contributed by atoms with van der Waals surface area (Å²) in [4.78, 5) is 4.77. The number of benzene rings is 1. The molecule has 0 spiro atoms. The van der Waals surface area contributed by atoms with Crippen molar-refractivity contribution in [1.29, 1.82) is 0 Å². The standard InChI is InChI=1S/C16H21N3O/c1-11-5-3-8-14-18-15(16(17)19(11)14)13-7-4-6-12(9-13)10-20-2/h4,6-7,9,11H,3,5,8,10,17H2,1-2H3. The van der Waals surface area contributed by atoms with Gasteiger partial charge >= 0.3 is 0 Å². The van der Waals surface area contributed by atoms with Crippen LogP contribution in [0, 0.1) is 0 Å². The predicted molar refractivity (Wildman–Crippen MR) is 80.4 cm³/mol. The van der Waals surface area contributed by atoms with Crippen LogP contribution in [0.15, 0.2) is 24.3 Å². The number of aromatic nitrogens is 2. The molecule has 1 aliphatic heterocycles. The molecule has 1 aromatic heterocycles. The second-order valence-electron chi connectivity index (χ2n) is 5.51. The van der Waals surface area contributed by atoms with Gasteiger partial charge in [0.2, 0.25) is 0 Å². The number of nitrogen functional groups attached to an aromatic ring is 1. The van der Waals surface area contributed by atoms with Gasteiger partial charge in [0, 0.05) is 25.1 Å². The molecule has 3 rings (SSSR count). The van der Waals surface area contributed by atoms with Crippen LogP contribution in [0.5, 0.6) is 0 Å². The van der Waals surface area contributed by atoms with E-state index < -0.39 is 0 Å². The van der Waals surface area contributed by atoms with Crippen LogP contribution in [-0.4, -0.2) is 16.7 Å². The van der Waals surface area contributed by atoms with Gasteiger partial charge in [-0.2, -0.15) is 0 Å². The van der Waals surface area contributed by atoms with Crippen molar-refractivity contribution in [2.45, 2.75) is 38.8 Å². The molecule has 0 bridgehead atoms. The number of nitrogens with two attached hydrogens (primary N) is 1. The quantitative estimate of drug-likeness (QED) is 0.932. The lowest BCUT2D eigenvalue weighted by molar-refractivity contribution is 0.185. The van der Waals surface area contributed by atoms with E-state index >= 15 is 0 Å². The minimum absolute atomic E-state index is 0.446. The van der Waals surface area contributed by atoms with Crippen LogP contribution >= 0.6 is 0 Å². The van der Waals surface area contributed by atoms with Crippen LogP contribution in [0.25, 0.3) is 11.3 Å². The van der Waals surface area contributed by atoms with Gasteiger partial charge in [0.1, 0.15) is 17.3 Å². The second kappa shape index (κ2) is 5.29. The Morgan fingerprint density at radius 3 is 3.05 bits per heavy atom. The molecule has 2 N–H and O–H groups in total. The van der Waals surface area contributed by atoms with Crippen LogP contribution in [-0.2, 0) is 17.8 Å². The summed E-state index contributed by atoms with van der Waals surface area (Å²) in [5.74, 6) is 1.91. The van der Waals surface area contributed by atoms with Crippen LogP contribution in [0.2, 0.25) is 0 Å². The van der Waals surface area contributed by atoms with Crippen molar-refractivity contribution >= 4 is 5.82 Å². The third kappa shape index (κ3) is 2.20. The van der Waals surface area contributed by atoms with Gasteiger partial charge in [-0.05, 0) is 31.4 Å². The fourth-order valence-electron chi connectivity index (χ4n) is 3.03. The Hall–Kier alpha value is -1.81. The molecule has 0 radical (unpaired) electrons. The van der Waals surface area contributed by atoms with Gasteiger partial charge in [0.15, 0.2) is 0 Å². The number of aryl methyl sites for hydroxylation is 1. The first-order chi connectivity index (χ1) is 9.70. The van der Waals surface area contributed by atoms with Crippen molar-refractivity contribution in [3.8, 4) is 11.3 Å². The minimum Gasteiger partial charge on any atom is -0.383 e. The maximum Gasteiger partial charge on any atom is 0.131 e. The zero-order valence-corrected chi connectivity index (χ0v) is 12.1. The van der Waals surface area contributed by atoms with Crippen LogP contribution in [0.4, 0.5) is 5.82 Å². The van der Waals surface area contributed by atoms with Gasteiger partial charge in [-0.1, -0.05) is 18.2 Å². The van der Waals surface area contributed by atoms with E-state index in [0.29, 0.717) is 12.6 Å². The zero-order valence-electron chi connectivity index (χ0n) is 12.1. The number of hydrogen-bond donors (Lipinski definition) is 1. The monoisotopic (exact) mass is 271 g/mol. The summed E-state index contributed by atoms with van der Waals surface area (Å²) in [6.45, 7) is 2.82. The van der Waals surface area contributed by atoms with E-state index in [4.69, 9.17) is 15.5 Å². The molecule has 2 heterocycles. The highest BCUT2D eigenvalue weighted by molar-refractivity contribution is 5.71. The third-order valence-electron chi connectivity index (χ3n) is 4.00. The van der Waals surface area contributed by atoms with Crippen molar-refractivity contribution in [3.05, 3.63) is 35.7 Å². The number of fused-ring (bicyclic) bond motifs is 1. The molecule has 1 unspecified atom stereocenters. The largest absolute Gasteiger partial charge is 0.383 e. The highest BCUT2D eigenvalue weighted by Gasteiger charge is 2.23. The average molecular weight is 271 g/mol. The molecule has 0 fully saturated rings. The molecule has 4 heteroatoms. The highest BCUT2D eigenvalue weighted by atomic mass is 16.5. The first-order valence-corrected chi connectivity index (χ1v) is 7.15. The molecule has 0 aliphatic carbocycles. The van der Waals surface area contributed by atoms with Crippen molar-refractivity contribution in [1.82, 2.24) is 9.55 Å². The Bertz CT molecular complexity index is 618. The SMILES string of the molecule is COCc1cccc(-c2nc3n(c2N)C(C)CCC3)c1. The Morgan fingerprint density at radius 1 is 1.45 bits per heavy atom. The number of anilines is 1. The number of ether oxygens (including phenoxy) is 1. The Morgan fingerprint density at radius 2 is 2.30 bits per heavy atom. The minimum atomic E-state index is 0.446. The summed E-state index contributed by atoms with van der Waals surface area (Å²) in [5.41, 5.74) is 9.47. The van der Waals surface area contributed by atoms with E-state index in [9.17, 15) is 0 Å². The maximum absolute atomic E-state index is 6.34. The highest BCUT2D eigenvalue weighted by Crippen LogP contribution is 2.34. The summed E-state index contributed by atoms with van der Waals surface area (Å²) < 4.78 is 7.39. The Balaban J connectivity index is 2.04. The number of imidazole rings is 1. The molecule has 0 amide bonds. The number of hydrogen-bond acceptors (Lipinski definition) is 3. The smallest absolute Gasteiger partial charge is 0.131 e. The van der Waals surface area contributed by atoms with Gasteiger partial charge in [0.05, 0.1) is 6.61 Å². The van der Waals surface area contributed by atoms with Gasteiger partial charge < -0.3 is 15.0 Å². The van der Waals surface area contributed by atoms with E-state index in [1.165, 1.54) is 12.8 Å². The fraction of sp³-hybridized carbons (Fsp3) is 0.438. The maximum atomic E-state index is 6.34. The molecular weight excluding hydrogens is 250 g/mol. The molecule has 20 heavy (non-hydrogen) atoms. The lowest BCUT2D eigenvalue weighted by Crippen LogP contribution is -2.16. The van der Waals surface area contributed by atoms with Gasteiger partial charge in [0.25, 0.3) is 0 Å². The first-order valence-electron chi connectivity index (χ1n) is 7.15. The summed E-state index contributed by atoms with van der Waals surface area (Å²) >= 11 is 0. The summed E-state index contributed by atoms with van der Waals surface area (Å²) in [6, 6.07) is 8.71. The number of methoxy groups -OCH3 is 1. The van der Waals surface area contributed by atoms with Gasteiger partial charge in [-0.3, -0.25) is 0 Å². The molecule has 1 aliphatic rings. The molecule has 106 valence electrons. The lowest BCUT2D eigenvalue weighted by atomic mass is 10.1. The van der Waals surface area contributed by atoms with E-state index in [2.05, 4.69) is 29.7 Å². The molecular formula is C16H21N3O. The van der Waals surface area contributed by atoms with E-state index in [1.54, 1.807) is 7.11 Å². The summed E-state index contributed by atoms with van der Waals surface area (Å²) in [5, 5.41) is 0.